The quantitative estimate of drug-likeness (QED) is 0.639. The third-order valence-electron chi connectivity index (χ3n) is 3.65. The van der Waals surface area contributed by atoms with Gasteiger partial charge in [-0.1, -0.05) is 18.2 Å². The number of nitrogens with zero attached hydrogens (tertiary/aromatic N) is 1. The molecule has 0 atom stereocenters. The Kier molecular flexibility index (Phi) is 2.79. The average molecular weight is 268 g/mol. The summed E-state index contributed by atoms with van der Waals surface area (Å²) in [5, 5.41) is 0. The maximum atomic E-state index is 5.49. The van der Waals surface area contributed by atoms with E-state index < -0.39 is 0 Å². The highest BCUT2D eigenvalue weighted by atomic mass is 32.1. The van der Waals surface area contributed by atoms with Gasteiger partial charge in [0.2, 0.25) is 0 Å². The van der Waals surface area contributed by atoms with Crippen molar-refractivity contribution in [3.63, 3.8) is 0 Å². The maximum absolute atomic E-state index is 5.49. The summed E-state index contributed by atoms with van der Waals surface area (Å²) in [6.07, 6.45) is 0. The Labute approximate surface area is 117 Å². The lowest BCUT2D eigenvalue weighted by atomic mass is 10.1. The first kappa shape index (κ1) is 12.2. The summed E-state index contributed by atoms with van der Waals surface area (Å²) in [4.78, 5) is 3.29. The molecule has 1 aromatic heterocycles. The number of imidazole rings is 1. The summed E-state index contributed by atoms with van der Waals surface area (Å²) in [5.41, 5.74) is 7.15. The fourth-order valence-corrected chi connectivity index (χ4v) is 2.75. The SMILES string of the molecule is Cc1ccc2c(c1)[nH]c(=S)n2-c1cccc(C)c1C. The Morgan fingerprint density at radius 1 is 1.05 bits per heavy atom. The number of aryl methyl sites for hydroxylation is 2. The van der Waals surface area contributed by atoms with Gasteiger partial charge < -0.3 is 4.98 Å². The van der Waals surface area contributed by atoms with Gasteiger partial charge in [-0.3, -0.25) is 4.57 Å². The standard InChI is InChI=1S/C16H16N2S/c1-10-7-8-15-13(9-10)17-16(19)18(15)14-6-4-5-11(2)12(14)3/h4-9H,1-3H3,(H,17,19). The molecule has 3 aromatic rings. The number of hydrogen-bond donors (Lipinski definition) is 1. The number of nitrogens with one attached hydrogen (secondary N) is 1. The van der Waals surface area contributed by atoms with Crippen molar-refractivity contribution in [1.29, 1.82) is 0 Å². The van der Waals surface area contributed by atoms with Gasteiger partial charge in [-0.25, -0.2) is 0 Å². The van der Waals surface area contributed by atoms with Crippen LogP contribution in [0.5, 0.6) is 0 Å². The minimum absolute atomic E-state index is 0.745. The zero-order valence-electron chi connectivity index (χ0n) is 11.3. The lowest BCUT2D eigenvalue weighted by molar-refractivity contribution is 1.04. The summed E-state index contributed by atoms with van der Waals surface area (Å²) in [5.74, 6) is 0. The number of H-pyrrole nitrogens is 1. The highest BCUT2D eigenvalue weighted by Crippen LogP contribution is 2.24. The molecule has 0 spiro atoms. The Morgan fingerprint density at radius 3 is 2.63 bits per heavy atom. The predicted molar refractivity (Wildman–Crippen MR) is 82.7 cm³/mol. The predicted octanol–water partition coefficient (Wildman–Crippen LogP) is 4.61. The van der Waals surface area contributed by atoms with Crippen molar-refractivity contribution in [2.24, 2.45) is 0 Å². The first-order chi connectivity index (χ1) is 9.08. The molecule has 1 heterocycles. The topological polar surface area (TPSA) is 20.7 Å². The van der Waals surface area contributed by atoms with Gasteiger partial charge in [-0.05, 0) is 67.9 Å². The molecule has 0 saturated heterocycles. The molecular formula is C16H16N2S. The minimum atomic E-state index is 0.745. The fourth-order valence-electron chi connectivity index (χ4n) is 2.44. The van der Waals surface area contributed by atoms with E-state index in [1.54, 1.807) is 0 Å². The first-order valence-electron chi connectivity index (χ1n) is 6.36. The number of hydrogen-bond acceptors (Lipinski definition) is 1. The van der Waals surface area contributed by atoms with E-state index in [1.807, 2.05) is 0 Å². The molecule has 0 unspecified atom stereocenters. The summed E-state index contributed by atoms with van der Waals surface area (Å²) >= 11 is 5.49. The monoisotopic (exact) mass is 268 g/mol. The molecule has 3 heteroatoms. The van der Waals surface area contributed by atoms with E-state index in [9.17, 15) is 0 Å². The molecule has 96 valence electrons. The molecule has 2 nitrogen and oxygen atoms in total. The Hall–Kier alpha value is -1.87. The Balaban J connectivity index is 2.40. The van der Waals surface area contributed by atoms with Crippen molar-refractivity contribution in [1.82, 2.24) is 9.55 Å². The molecule has 0 aliphatic carbocycles. The van der Waals surface area contributed by atoms with E-state index in [1.165, 1.54) is 16.7 Å². The van der Waals surface area contributed by atoms with Crippen LogP contribution in [0.3, 0.4) is 0 Å². The van der Waals surface area contributed by atoms with Crippen LogP contribution in [0, 0.1) is 25.5 Å². The van der Waals surface area contributed by atoms with Crippen molar-refractivity contribution >= 4 is 23.3 Å². The van der Waals surface area contributed by atoms with Crippen LogP contribution in [-0.4, -0.2) is 9.55 Å². The summed E-state index contributed by atoms with van der Waals surface area (Å²) in [7, 11) is 0. The average Bonchev–Trinajstić information content (AvgIpc) is 2.68. The van der Waals surface area contributed by atoms with E-state index in [-0.39, 0.29) is 0 Å². The number of aromatic amines is 1. The largest absolute Gasteiger partial charge is 0.330 e. The lowest BCUT2D eigenvalue weighted by Crippen LogP contribution is -1.98. The van der Waals surface area contributed by atoms with Crippen LogP contribution in [0.15, 0.2) is 36.4 Å². The highest BCUT2D eigenvalue weighted by Gasteiger charge is 2.09. The zero-order chi connectivity index (χ0) is 13.6. The molecule has 0 aliphatic heterocycles. The molecule has 0 fully saturated rings. The molecular weight excluding hydrogens is 252 g/mol. The van der Waals surface area contributed by atoms with Crippen molar-refractivity contribution in [3.05, 3.63) is 57.9 Å². The second-order valence-electron chi connectivity index (χ2n) is 5.01. The molecule has 1 N–H and O–H groups in total. The molecule has 2 aromatic carbocycles. The maximum Gasteiger partial charge on any atom is 0.182 e. The van der Waals surface area contributed by atoms with E-state index in [0.717, 1.165) is 21.5 Å². The summed E-state index contributed by atoms with van der Waals surface area (Å²) in [6, 6.07) is 12.7. The molecule has 0 bridgehead atoms. The fraction of sp³-hybridized carbons (Fsp3) is 0.188. The van der Waals surface area contributed by atoms with Crippen LogP contribution in [0.2, 0.25) is 0 Å². The van der Waals surface area contributed by atoms with Crippen LogP contribution in [-0.2, 0) is 0 Å². The smallest absolute Gasteiger partial charge is 0.182 e. The third kappa shape index (κ3) is 1.90. The Bertz CT molecular complexity index is 824. The normalized spacial score (nSPS) is 11.1. The lowest BCUT2D eigenvalue weighted by Gasteiger charge is -2.10. The van der Waals surface area contributed by atoms with E-state index in [2.05, 4.69) is 66.7 Å². The summed E-state index contributed by atoms with van der Waals surface area (Å²) in [6.45, 7) is 6.35. The minimum Gasteiger partial charge on any atom is -0.330 e. The number of fused-ring (bicyclic) bond motifs is 1. The van der Waals surface area contributed by atoms with Crippen LogP contribution in [0.1, 0.15) is 16.7 Å². The van der Waals surface area contributed by atoms with Gasteiger partial charge in [0.05, 0.1) is 16.7 Å². The zero-order valence-corrected chi connectivity index (χ0v) is 12.1. The summed E-state index contributed by atoms with van der Waals surface area (Å²) < 4.78 is 2.86. The molecule has 0 aliphatic rings. The van der Waals surface area contributed by atoms with E-state index >= 15 is 0 Å². The van der Waals surface area contributed by atoms with Crippen LogP contribution < -0.4 is 0 Å². The third-order valence-corrected chi connectivity index (χ3v) is 3.94. The molecule has 19 heavy (non-hydrogen) atoms. The van der Waals surface area contributed by atoms with Gasteiger partial charge in [-0.15, -0.1) is 0 Å². The number of benzene rings is 2. The first-order valence-corrected chi connectivity index (χ1v) is 6.77. The second kappa shape index (κ2) is 4.35. The number of rotatable bonds is 1. The molecule has 3 rings (SSSR count). The van der Waals surface area contributed by atoms with Gasteiger partial charge in [-0.2, -0.15) is 0 Å². The van der Waals surface area contributed by atoms with Crippen molar-refractivity contribution in [2.75, 3.05) is 0 Å². The van der Waals surface area contributed by atoms with Gasteiger partial charge >= 0.3 is 0 Å². The van der Waals surface area contributed by atoms with Crippen molar-refractivity contribution in [3.8, 4) is 5.69 Å². The van der Waals surface area contributed by atoms with Crippen LogP contribution >= 0.6 is 12.2 Å². The van der Waals surface area contributed by atoms with Crippen molar-refractivity contribution < 1.29 is 0 Å². The van der Waals surface area contributed by atoms with Crippen LogP contribution in [0.25, 0.3) is 16.7 Å². The van der Waals surface area contributed by atoms with Gasteiger partial charge in [0.1, 0.15) is 0 Å². The highest BCUT2D eigenvalue weighted by molar-refractivity contribution is 7.71. The van der Waals surface area contributed by atoms with E-state index in [4.69, 9.17) is 12.2 Å². The Morgan fingerprint density at radius 2 is 1.84 bits per heavy atom. The van der Waals surface area contributed by atoms with Gasteiger partial charge in [0, 0.05) is 0 Å². The molecule has 0 radical (unpaired) electrons. The molecule has 0 amide bonds. The second-order valence-corrected chi connectivity index (χ2v) is 5.39. The molecule has 0 saturated carbocycles. The van der Waals surface area contributed by atoms with Gasteiger partial charge in [0.25, 0.3) is 0 Å². The van der Waals surface area contributed by atoms with E-state index in [0.29, 0.717) is 0 Å². The van der Waals surface area contributed by atoms with Crippen molar-refractivity contribution in [2.45, 2.75) is 20.8 Å². The number of aromatic nitrogens is 2. The van der Waals surface area contributed by atoms with Gasteiger partial charge in [0.15, 0.2) is 4.77 Å². The van der Waals surface area contributed by atoms with Crippen LogP contribution in [0.4, 0.5) is 0 Å².